The lowest BCUT2D eigenvalue weighted by atomic mass is 10.1. The summed E-state index contributed by atoms with van der Waals surface area (Å²) in [5.74, 6) is -0.941. The normalized spacial score (nSPS) is 15.0. The van der Waals surface area contributed by atoms with E-state index in [1.165, 1.54) is 19.3 Å². The molecule has 0 bridgehead atoms. The number of hydrogen-bond donors (Lipinski definition) is 3. The molecule has 0 aromatic carbocycles. The zero-order valence-electron chi connectivity index (χ0n) is 11.0. The van der Waals surface area contributed by atoms with Crippen LogP contribution in [0.4, 0.5) is 0 Å². The largest absolute Gasteiger partial charge is 0.480 e. The molecule has 0 fully saturated rings. The molecule has 4 N–H and O–H groups in total. The van der Waals surface area contributed by atoms with Crippen molar-refractivity contribution < 1.29 is 9.90 Å². The van der Waals surface area contributed by atoms with Crippen LogP contribution in [0.25, 0.3) is 0 Å². The van der Waals surface area contributed by atoms with Gasteiger partial charge in [0.25, 0.3) is 0 Å². The van der Waals surface area contributed by atoms with Crippen molar-refractivity contribution in [3.05, 3.63) is 12.2 Å². The minimum absolute atomic E-state index is 0.405. The van der Waals surface area contributed by atoms with Crippen LogP contribution >= 0.6 is 0 Å². The van der Waals surface area contributed by atoms with Gasteiger partial charge >= 0.3 is 5.97 Å². The summed E-state index contributed by atoms with van der Waals surface area (Å²) in [5.41, 5.74) is 5.41. The number of nitrogens with one attached hydrogen (secondary N) is 1. The molecule has 0 radical (unpaired) electrons. The van der Waals surface area contributed by atoms with E-state index in [1.54, 1.807) is 0 Å². The Morgan fingerprint density at radius 2 is 2.00 bits per heavy atom. The fourth-order valence-electron chi connectivity index (χ4n) is 1.65. The molecule has 0 heterocycles. The minimum atomic E-state index is -0.941. The van der Waals surface area contributed by atoms with E-state index in [9.17, 15) is 4.79 Å². The van der Waals surface area contributed by atoms with Crippen molar-refractivity contribution in [1.82, 2.24) is 5.32 Å². The molecule has 0 rings (SSSR count). The van der Waals surface area contributed by atoms with Gasteiger partial charge in [-0.3, -0.25) is 4.79 Å². The fourth-order valence-corrected chi connectivity index (χ4v) is 1.65. The molecule has 0 spiro atoms. The topological polar surface area (TPSA) is 75.4 Å². The molecule has 100 valence electrons. The number of carbonyl (C=O) groups is 1. The van der Waals surface area contributed by atoms with Gasteiger partial charge in [-0.05, 0) is 25.8 Å². The van der Waals surface area contributed by atoms with Crippen LogP contribution in [0, 0.1) is 0 Å². The van der Waals surface area contributed by atoms with Gasteiger partial charge in [0.15, 0.2) is 0 Å². The average molecular weight is 242 g/mol. The third kappa shape index (κ3) is 8.89. The Morgan fingerprint density at radius 1 is 1.35 bits per heavy atom. The monoisotopic (exact) mass is 242 g/mol. The van der Waals surface area contributed by atoms with Crippen molar-refractivity contribution in [2.75, 3.05) is 6.54 Å². The van der Waals surface area contributed by atoms with Crippen molar-refractivity contribution in [1.29, 1.82) is 0 Å². The van der Waals surface area contributed by atoms with E-state index in [0.29, 0.717) is 12.5 Å². The first-order chi connectivity index (χ1) is 8.11. The zero-order chi connectivity index (χ0) is 13.1. The molecule has 0 aliphatic carbocycles. The lowest BCUT2D eigenvalue weighted by Gasteiger charge is -2.15. The maximum Gasteiger partial charge on any atom is 0.320 e. The molecule has 0 saturated heterocycles. The molecule has 4 nitrogen and oxygen atoms in total. The van der Waals surface area contributed by atoms with E-state index >= 15 is 0 Å². The van der Waals surface area contributed by atoms with Crippen LogP contribution < -0.4 is 11.1 Å². The smallest absolute Gasteiger partial charge is 0.320 e. The summed E-state index contributed by atoms with van der Waals surface area (Å²) in [6, 6.07) is -0.281. The van der Waals surface area contributed by atoms with Gasteiger partial charge in [0.2, 0.25) is 0 Å². The molecule has 0 amide bonds. The van der Waals surface area contributed by atoms with Crippen molar-refractivity contribution in [2.24, 2.45) is 5.73 Å². The molecular weight excluding hydrogens is 216 g/mol. The lowest BCUT2D eigenvalue weighted by Crippen LogP contribution is -2.29. The number of unbranched alkanes of at least 4 members (excludes halogenated alkanes) is 1. The summed E-state index contributed by atoms with van der Waals surface area (Å²) >= 11 is 0. The van der Waals surface area contributed by atoms with E-state index in [-0.39, 0.29) is 0 Å². The Balaban J connectivity index is 3.85. The summed E-state index contributed by atoms with van der Waals surface area (Å²) in [6.45, 7) is 5.25. The Kier molecular flexibility index (Phi) is 9.77. The highest BCUT2D eigenvalue weighted by atomic mass is 16.4. The number of rotatable bonds is 10. The van der Waals surface area contributed by atoms with Crippen LogP contribution in [0.2, 0.25) is 0 Å². The van der Waals surface area contributed by atoms with Gasteiger partial charge in [0.1, 0.15) is 6.04 Å². The van der Waals surface area contributed by atoms with Crippen molar-refractivity contribution >= 4 is 5.97 Å². The molecule has 0 unspecified atom stereocenters. The second-order valence-electron chi connectivity index (χ2n) is 4.28. The standard InChI is InChI=1S/C13H26N2O2/c1-3-5-8-11(15-4-2)9-6-7-10-12(14)13(16)17/h6-7,11-12,15H,3-5,8-10,14H2,1-2H3,(H,16,17)/b7-6-/t11-,12+/m1/s1. The van der Waals surface area contributed by atoms with Gasteiger partial charge in [0.05, 0.1) is 0 Å². The quantitative estimate of drug-likeness (QED) is 0.511. The first-order valence-corrected chi connectivity index (χ1v) is 6.48. The van der Waals surface area contributed by atoms with Crippen LogP contribution in [-0.4, -0.2) is 29.7 Å². The molecule has 2 atom stereocenters. The van der Waals surface area contributed by atoms with Crippen molar-refractivity contribution in [3.63, 3.8) is 0 Å². The molecule has 0 aliphatic rings. The summed E-state index contributed by atoms with van der Waals surface area (Å²) < 4.78 is 0. The van der Waals surface area contributed by atoms with Gasteiger partial charge in [-0.25, -0.2) is 0 Å². The number of aliphatic carboxylic acids is 1. The SMILES string of the molecule is CCCC[C@H](C/C=C\C[C@H](N)C(=O)O)NCC. The van der Waals surface area contributed by atoms with Crippen molar-refractivity contribution in [2.45, 2.75) is 58.0 Å². The van der Waals surface area contributed by atoms with Crippen LogP contribution in [-0.2, 0) is 4.79 Å². The maximum absolute atomic E-state index is 10.5. The minimum Gasteiger partial charge on any atom is -0.480 e. The number of carboxylic acids is 1. The van der Waals surface area contributed by atoms with Crippen LogP contribution in [0.1, 0.15) is 46.0 Å². The van der Waals surface area contributed by atoms with Gasteiger partial charge in [-0.2, -0.15) is 0 Å². The number of hydrogen-bond acceptors (Lipinski definition) is 3. The molecule has 0 aromatic rings. The van der Waals surface area contributed by atoms with Crippen LogP contribution in [0.15, 0.2) is 12.2 Å². The summed E-state index contributed by atoms with van der Waals surface area (Å²) in [6.07, 6.45) is 8.85. The van der Waals surface area contributed by atoms with Crippen LogP contribution in [0.5, 0.6) is 0 Å². The van der Waals surface area contributed by atoms with E-state index in [0.717, 1.165) is 13.0 Å². The molecular formula is C13H26N2O2. The van der Waals surface area contributed by atoms with E-state index in [2.05, 4.69) is 19.2 Å². The van der Waals surface area contributed by atoms with Gasteiger partial charge < -0.3 is 16.2 Å². The Labute approximate surface area is 104 Å². The molecule has 4 heteroatoms. The predicted molar refractivity (Wildman–Crippen MR) is 71.0 cm³/mol. The van der Waals surface area contributed by atoms with Gasteiger partial charge in [-0.15, -0.1) is 0 Å². The first-order valence-electron chi connectivity index (χ1n) is 6.48. The molecule has 0 saturated carbocycles. The van der Waals surface area contributed by atoms with Gasteiger partial charge in [-0.1, -0.05) is 38.8 Å². The van der Waals surface area contributed by atoms with E-state index in [4.69, 9.17) is 10.8 Å². The summed E-state index contributed by atoms with van der Waals surface area (Å²) in [4.78, 5) is 10.5. The Bertz CT molecular complexity index is 229. The highest BCUT2D eigenvalue weighted by Gasteiger charge is 2.08. The maximum atomic E-state index is 10.5. The van der Waals surface area contributed by atoms with Crippen molar-refractivity contribution in [3.8, 4) is 0 Å². The second kappa shape index (κ2) is 10.3. The predicted octanol–water partition coefficient (Wildman–Crippen LogP) is 1.90. The van der Waals surface area contributed by atoms with E-state index in [1.807, 2.05) is 12.2 Å². The van der Waals surface area contributed by atoms with E-state index < -0.39 is 12.0 Å². The first kappa shape index (κ1) is 16.1. The second-order valence-corrected chi connectivity index (χ2v) is 4.28. The van der Waals surface area contributed by atoms with Gasteiger partial charge in [0, 0.05) is 6.04 Å². The number of carboxylic acid groups (broad SMARTS) is 1. The molecule has 0 aliphatic heterocycles. The third-order valence-electron chi connectivity index (χ3n) is 2.69. The highest BCUT2D eigenvalue weighted by molar-refractivity contribution is 5.73. The number of nitrogens with two attached hydrogens (primary N) is 1. The highest BCUT2D eigenvalue weighted by Crippen LogP contribution is 2.05. The van der Waals surface area contributed by atoms with Crippen LogP contribution in [0.3, 0.4) is 0 Å². The summed E-state index contributed by atoms with van der Waals surface area (Å²) in [5, 5.41) is 12.0. The zero-order valence-corrected chi connectivity index (χ0v) is 11.0. The Morgan fingerprint density at radius 3 is 2.53 bits per heavy atom. The average Bonchev–Trinajstić information content (AvgIpc) is 2.30. The molecule has 17 heavy (non-hydrogen) atoms. The third-order valence-corrected chi connectivity index (χ3v) is 2.69. The fraction of sp³-hybridized carbons (Fsp3) is 0.769. The molecule has 0 aromatic heterocycles. The Hall–Kier alpha value is -0.870. The lowest BCUT2D eigenvalue weighted by molar-refractivity contribution is -0.138. The summed E-state index contributed by atoms with van der Waals surface area (Å²) in [7, 11) is 0.